The topological polar surface area (TPSA) is 57.7 Å². The first-order chi connectivity index (χ1) is 17.7. The minimum absolute atomic E-state index is 0.0453. The molecular weight excluding hydrogens is 481 g/mol. The Labute approximate surface area is 214 Å². The number of rotatable bonds is 4. The zero-order valence-corrected chi connectivity index (χ0v) is 20.8. The van der Waals surface area contributed by atoms with Gasteiger partial charge in [0, 0.05) is 50.2 Å². The minimum atomic E-state index is -4.52. The van der Waals surface area contributed by atoms with Gasteiger partial charge in [-0.25, -0.2) is 4.98 Å². The van der Waals surface area contributed by atoms with Gasteiger partial charge in [0.25, 0.3) is 0 Å². The molecule has 9 heteroatoms. The van der Waals surface area contributed by atoms with Gasteiger partial charge in [-0.1, -0.05) is 37.3 Å². The quantitative estimate of drug-likeness (QED) is 0.565. The number of aromatic nitrogens is 1. The molecule has 1 N–H and O–H groups in total. The molecule has 6 nitrogen and oxygen atoms in total. The first kappa shape index (κ1) is 25.3. The second-order valence-electron chi connectivity index (χ2n) is 10.0. The summed E-state index contributed by atoms with van der Waals surface area (Å²) in [4.78, 5) is 26.7. The summed E-state index contributed by atoms with van der Waals surface area (Å²) in [5.74, 6) is 0.155. The van der Waals surface area contributed by atoms with E-state index >= 15 is 0 Å². The van der Waals surface area contributed by atoms with Crippen molar-refractivity contribution in [3.63, 3.8) is 0 Å². The number of anilines is 1. The van der Waals surface area contributed by atoms with E-state index in [2.05, 4.69) is 23.5 Å². The Morgan fingerprint density at radius 1 is 1.11 bits per heavy atom. The van der Waals surface area contributed by atoms with Gasteiger partial charge in [0.15, 0.2) is 0 Å². The number of likely N-dealkylation sites (tertiary alicyclic amines) is 1. The van der Waals surface area contributed by atoms with Crippen molar-refractivity contribution in [2.24, 2.45) is 5.92 Å². The van der Waals surface area contributed by atoms with E-state index in [1.807, 2.05) is 35.2 Å². The summed E-state index contributed by atoms with van der Waals surface area (Å²) in [6.07, 6.45) is 4.14. The second kappa shape index (κ2) is 10.2. The highest BCUT2D eigenvalue weighted by Crippen LogP contribution is 2.38. The normalized spacial score (nSPS) is 24.4. The first-order valence-electron chi connectivity index (χ1n) is 12.8. The number of hydroxylamine groups is 1. The molecular formula is C28H31F3N4O2. The maximum atomic E-state index is 13.3. The van der Waals surface area contributed by atoms with Crippen LogP contribution in [0.3, 0.4) is 0 Å². The van der Waals surface area contributed by atoms with Crippen molar-refractivity contribution in [1.82, 2.24) is 15.4 Å². The molecule has 4 heterocycles. The van der Waals surface area contributed by atoms with Gasteiger partial charge in [-0.3, -0.25) is 15.1 Å². The number of alkyl halides is 3. The Morgan fingerprint density at radius 2 is 1.86 bits per heavy atom. The summed E-state index contributed by atoms with van der Waals surface area (Å²) in [6.45, 7) is 4.39. The van der Waals surface area contributed by atoms with Crippen molar-refractivity contribution in [2.75, 3.05) is 31.1 Å². The zero-order chi connectivity index (χ0) is 26.0. The van der Waals surface area contributed by atoms with Crippen LogP contribution < -0.4 is 10.4 Å². The number of hydrogen-bond donors (Lipinski definition) is 1. The molecule has 2 unspecified atom stereocenters. The highest BCUT2D eigenvalue weighted by atomic mass is 19.4. The standard InChI is InChI=1S/C28H31F3N4O2/c1-20-19-35(17-14-27(20)18-23(33-37-27)21-8-4-2-5-9-21)25(36)13-11-22-10-12-24(28(29,30)31)32-26(22)34-15-6-3-7-16-34/h2,4-5,8-13,18,20,33H,3,6-7,14-17,19H2,1H3. The molecule has 0 saturated carbocycles. The number of pyridine rings is 1. The molecule has 3 aliphatic heterocycles. The molecule has 0 aliphatic carbocycles. The summed E-state index contributed by atoms with van der Waals surface area (Å²) in [5, 5.41) is 0. The van der Waals surface area contributed by atoms with Crippen LogP contribution in [0.4, 0.5) is 19.0 Å². The highest BCUT2D eigenvalue weighted by Gasteiger charge is 2.45. The van der Waals surface area contributed by atoms with Gasteiger partial charge in [-0.15, -0.1) is 0 Å². The van der Waals surface area contributed by atoms with Crippen LogP contribution in [0.2, 0.25) is 0 Å². The molecule has 1 amide bonds. The minimum Gasteiger partial charge on any atom is -0.356 e. The maximum Gasteiger partial charge on any atom is 0.433 e. The van der Waals surface area contributed by atoms with Gasteiger partial charge in [-0.2, -0.15) is 13.2 Å². The fraction of sp³-hybridized carbons (Fsp3) is 0.429. The van der Waals surface area contributed by atoms with Crippen LogP contribution in [0.15, 0.2) is 54.6 Å². The lowest BCUT2D eigenvalue weighted by Crippen LogP contribution is -2.52. The van der Waals surface area contributed by atoms with Gasteiger partial charge in [0.05, 0.1) is 5.70 Å². The molecule has 0 bridgehead atoms. The van der Waals surface area contributed by atoms with E-state index in [-0.39, 0.29) is 17.6 Å². The number of amides is 1. The fourth-order valence-corrected chi connectivity index (χ4v) is 5.28. The highest BCUT2D eigenvalue weighted by molar-refractivity contribution is 5.92. The molecule has 37 heavy (non-hydrogen) atoms. The summed E-state index contributed by atoms with van der Waals surface area (Å²) < 4.78 is 40.0. The van der Waals surface area contributed by atoms with E-state index in [1.54, 1.807) is 11.0 Å². The molecule has 2 saturated heterocycles. The van der Waals surface area contributed by atoms with Crippen LogP contribution in [0.5, 0.6) is 0 Å². The zero-order valence-electron chi connectivity index (χ0n) is 20.8. The monoisotopic (exact) mass is 512 g/mol. The number of nitrogens with one attached hydrogen (secondary N) is 1. The van der Waals surface area contributed by atoms with Crippen molar-refractivity contribution in [1.29, 1.82) is 0 Å². The summed E-state index contributed by atoms with van der Waals surface area (Å²) >= 11 is 0. The number of nitrogens with zero attached hydrogens (tertiary/aromatic N) is 3. The smallest absolute Gasteiger partial charge is 0.356 e. The molecule has 1 aromatic heterocycles. The first-order valence-corrected chi connectivity index (χ1v) is 12.8. The molecule has 2 atom stereocenters. The number of halogens is 3. The molecule has 196 valence electrons. The van der Waals surface area contributed by atoms with Crippen molar-refractivity contribution in [3.8, 4) is 0 Å². The Hall–Kier alpha value is -3.33. The van der Waals surface area contributed by atoms with Crippen LogP contribution >= 0.6 is 0 Å². The average Bonchev–Trinajstić information content (AvgIpc) is 3.34. The van der Waals surface area contributed by atoms with E-state index < -0.39 is 17.5 Å². The predicted molar refractivity (Wildman–Crippen MR) is 136 cm³/mol. The summed E-state index contributed by atoms with van der Waals surface area (Å²) in [5.41, 5.74) is 4.13. The predicted octanol–water partition coefficient (Wildman–Crippen LogP) is 5.29. The molecule has 1 aromatic carbocycles. The third-order valence-electron chi connectivity index (χ3n) is 7.49. The lowest BCUT2D eigenvalue weighted by Gasteiger charge is -2.41. The lowest BCUT2D eigenvalue weighted by molar-refractivity contribution is -0.141. The third kappa shape index (κ3) is 5.37. The van der Waals surface area contributed by atoms with E-state index in [4.69, 9.17) is 4.84 Å². The van der Waals surface area contributed by atoms with E-state index in [0.717, 1.165) is 36.6 Å². The van der Waals surface area contributed by atoms with Gasteiger partial charge in [0.2, 0.25) is 5.91 Å². The van der Waals surface area contributed by atoms with Crippen LogP contribution in [-0.2, 0) is 15.8 Å². The Bertz CT molecular complexity index is 1190. The van der Waals surface area contributed by atoms with E-state index in [9.17, 15) is 18.0 Å². The van der Waals surface area contributed by atoms with Gasteiger partial charge < -0.3 is 9.80 Å². The third-order valence-corrected chi connectivity index (χ3v) is 7.49. The Morgan fingerprint density at radius 3 is 2.57 bits per heavy atom. The van der Waals surface area contributed by atoms with Crippen LogP contribution in [0, 0.1) is 5.92 Å². The lowest BCUT2D eigenvalue weighted by atomic mass is 9.81. The molecule has 0 radical (unpaired) electrons. The number of carbonyl (C=O) groups is 1. The van der Waals surface area contributed by atoms with E-state index in [0.29, 0.717) is 38.2 Å². The SMILES string of the molecule is CC1CN(C(=O)C=Cc2ccc(C(F)(F)F)nc2N2CCCCC2)CCC12C=C(c1ccccc1)NO2. The van der Waals surface area contributed by atoms with Crippen LogP contribution in [0.25, 0.3) is 11.8 Å². The molecule has 2 aromatic rings. The number of benzene rings is 1. The second-order valence-corrected chi connectivity index (χ2v) is 10.0. The largest absolute Gasteiger partial charge is 0.433 e. The summed E-state index contributed by atoms with van der Waals surface area (Å²) in [7, 11) is 0. The number of carbonyl (C=O) groups excluding carboxylic acids is 1. The van der Waals surface area contributed by atoms with Gasteiger partial charge in [0.1, 0.15) is 17.1 Å². The molecule has 3 aliphatic rings. The average molecular weight is 513 g/mol. The van der Waals surface area contributed by atoms with Gasteiger partial charge >= 0.3 is 6.18 Å². The Balaban J connectivity index is 1.29. The molecule has 5 rings (SSSR count). The molecule has 1 spiro atoms. The number of hydrogen-bond acceptors (Lipinski definition) is 5. The summed E-state index contributed by atoms with van der Waals surface area (Å²) in [6, 6.07) is 12.3. The van der Waals surface area contributed by atoms with Gasteiger partial charge in [-0.05, 0) is 49.1 Å². The van der Waals surface area contributed by atoms with Crippen molar-refractivity contribution in [3.05, 3.63) is 71.4 Å². The van der Waals surface area contributed by atoms with Crippen molar-refractivity contribution in [2.45, 2.75) is 44.4 Å². The van der Waals surface area contributed by atoms with Crippen molar-refractivity contribution < 1.29 is 22.8 Å². The fourth-order valence-electron chi connectivity index (χ4n) is 5.28. The van der Waals surface area contributed by atoms with Crippen LogP contribution in [-0.4, -0.2) is 47.6 Å². The number of piperidine rings is 2. The Kier molecular flexibility index (Phi) is 6.98. The van der Waals surface area contributed by atoms with Crippen molar-refractivity contribution >= 4 is 23.5 Å². The van der Waals surface area contributed by atoms with Crippen LogP contribution in [0.1, 0.15) is 49.4 Å². The maximum absolute atomic E-state index is 13.3. The van der Waals surface area contributed by atoms with E-state index in [1.165, 1.54) is 12.1 Å². The molecule has 2 fully saturated rings.